The topological polar surface area (TPSA) is 107 Å². The summed E-state index contributed by atoms with van der Waals surface area (Å²) in [7, 11) is 0. The summed E-state index contributed by atoms with van der Waals surface area (Å²) in [6.07, 6.45) is 3.35. The highest BCUT2D eigenvalue weighted by Crippen LogP contribution is 2.24. The quantitative estimate of drug-likeness (QED) is 0.545. The van der Waals surface area contributed by atoms with Crippen LogP contribution in [0.4, 0.5) is 0 Å². The van der Waals surface area contributed by atoms with Gasteiger partial charge in [0.15, 0.2) is 5.82 Å². The summed E-state index contributed by atoms with van der Waals surface area (Å²) < 4.78 is 1.42. The van der Waals surface area contributed by atoms with Crippen LogP contribution in [-0.2, 0) is 5.75 Å². The number of carboxylic acids is 1. The van der Waals surface area contributed by atoms with Gasteiger partial charge in [-0.2, -0.15) is 0 Å². The summed E-state index contributed by atoms with van der Waals surface area (Å²) in [5, 5.41) is 17.6. The molecule has 116 valence electrons. The molecule has 0 aliphatic heterocycles. The number of hydrogen-bond donors (Lipinski definition) is 2. The van der Waals surface area contributed by atoms with Crippen LogP contribution < -0.4 is 5.84 Å². The molecule has 2 aromatic heterocycles. The fourth-order valence-electron chi connectivity index (χ4n) is 1.96. The van der Waals surface area contributed by atoms with Gasteiger partial charge in [-0.3, -0.25) is 4.98 Å². The molecule has 1 aromatic carbocycles. The number of pyridine rings is 1. The van der Waals surface area contributed by atoms with Crippen LogP contribution in [-0.4, -0.2) is 30.9 Å². The molecule has 0 aliphatic carbocycles. The van der Waals surface area contributed by atoms with E-state index in [0.29, 0.717) is 16.7 Å². The molecule has 23 heavy (non-hydrogen) atoms. The number of nitrogens with two attached hydrogens (primary N) is 1. The summed E-state index contributed by atoms with van der Waals surface area (Å²) in [4.78, 5) is 14.9. The smallest absolute Gasteiger partial charge is 0.335 e. The minimum Gasteiger partial charge on any atom is -0.478 e. The molecule has 0 fully saturated rings. The molecule has 8 heteroatoms. The average Bonchev–Trinajstić information content (AvgIpc) is 2.95. The van der Waals surface area contributed by atoms with Crippen LogP contribution in [0, 0.1) is 0 Å². The Morgan fingerprint density at radius 1 is 1.22 bits per heavy atom. The van der Waals surface area contributed by atoms with Crippen molar-refractivity contribution in [3.63, 3.8) is 0 Å². The van der Waals surface area contributed by atoms with Crippen LogP contribution in [0.5, 0.6) is 0 Å². The number of carbonyl (C=O) groups is 1. The van der Waals surface area contributed by atoms with Crippen molar-refractivity contribution in [2.45, 2.75) is 10.9 Å². The van der Waals surface area contributed by atoms with Crippen molar-refractivity contribution in [1.82, 2.24) is 19.9 Å². The lowest BCUT2D eigenvalue weighted by atomic mass is 10.1. The summed E-state index contributed by atoms with van der Waals surface area (Å²) in [5.74, 6) is 6.25. The maximum absolute atomic E-state index is 10.8. The number of thioether (sulfide) groups is 1. The Morgan fingerprint density at radius 2 is 2.00 bits per heavy atom. The van der Waals surface area contributed by atoms with Crippen molar-refractivity contribution >= 4 is 17.7 Å². The molecule has 0 saturated carbocycles. The van der Waals surface area contributed by atoms with Crippen molar-refractivity contribution in [2.75, 3.05) is 5.84 Å². The SMILES string of the molecule is Nn1c(SCc2ccc(C(=O)O)cc2)nnc1-c1cccnc1. The molecule has 0 saturated heterocycles. The van der Waals surface area contributed by atoms with Crippen molar-refractivity contribution < 1.29 is 9.90 Å². The summed E-state index contributed by atoms with van der Waals surface area (Å²) in [5.41, 5.74) is 2.03. The van der Waals surface area contributed by atoms with Crippen LogP contribution in [0.2, 0.25) is 0 Å². The molecule has 2 heterocycles. The molecule has 0 atom stereocenters. The van der Waals surface area contributed by atoms with Crippen molar-refractivity contribution in [1.29, 1.82) is 0 Å². The van der Waals surface area contributed by atoms with Crippen LogP contribution in [0.1, 0.15) is 15.9 Å². The Hall–Kier alpha value is -2.87. The highest BCUT2D eigenvalue weighted by atomic mass is 32.2. The summed E-state index contributed by atoms with van der Waals surface area (Å²) in [6, 6.07) is 10.4. The lowest BCUT2D eigenvalue weighted by Gasteiger charge is -2.04. The first-order valence-corrected chi connectivity index (χ1v) is 7.69. The molecule has 0 aliphatic rings. The molecular weight excluding hydrogens is 314 g/mol. The summed E-state index contributed by atoms with van der Waals surface area (Å²) >= 11 is 1.43. The van der Waals surface area contributed by atoms with Crippen LogP contribution in [0.15, 0.2) is 53.9 Å². The second-order valence-electron chi connectivity index (χ2n) is 4.71. The van der Waals surface area contributed by atoms with Gasteiger partial charge >= 0.3 is 5.97 Å². The van der Waals surface area contributed by atoms with E-state index < -0.39 is 5.97 Å². The summed E-state index contributed by atoms with van der Waals surface area (Å²) in [6.45, 7) is 0. The van der Waals surface area contributed by atoms with Crippen LogP contribution >= 0.6 is 11.8 Å². The third-order valence-corrected chi connectivity index (χ3v) is 4.17. The van der Waals surface area contributed by atoms with E-state index in [0.717, 1.165) is 11.1 Å². The third kappa shape index (κ3) is 3.32. The van der Waals surface area contributed by atoms with E-state index in [-0.39, 0.29) is 5.56 Å². The molecule has 0 spiro atoms. The second kappa shape index (κ2) is 6.49. The number of aromatic carboxylic acids is 1. The van der Waals surface area contributed by atoms with E-state index in [1.54, 1.807) is 42.7 Å². The van der Waals surface area contributed by atoms with E-state index in [9.17, 15) is 4.79 Å². The predicted molar refractivity (Wildman–Crippen MR) is 86.4 cm³/mol. The number of rotatable bonds is 5. The maximum atomic E-state index is 10.8. The first kappa shape index (κ1) is 15.0. The van der Waals surface area contributed by atoms with Gasteiger partial charge < -0.3 is 10.9 Å². The van der Waals surface area contributed by atoms with Gasteiger partial charge in [0, 0.05) is 23.7 Å². The number of carboxylic acid groups (broad SMARTS) is 1. The van der Waals surface area contributed by atoms with Gasteiger partial charge in [-0.05, 0) is 29.8 Å². The standard InChI is InChI=1S/C15H13N5O2S/c16-20-13(12-2-1-7-17-8-12)18-19-15(20)23-9-10-3-5-11(6-4-10)14(21)22/h1-8H,9,16H2,(H,21,22). The molecule has 3 rings (SSSR count). The molecule has 3 N–H and O–H groups in total. The fraction of sp³-hybridized carbons (Fsp3) is 0.0667. The molecule has 7 nitrogen and oxygen atoms in total. The Labute approximate surface area is 136 Å². The third-order valence-electron chi connectivity index (χ3n) is 3.15. The highest BCUT2D eigenvalue weighted by molar-refractivity contribution is 7.98. The zero-order valence-electron chi connectivity index (χ0n) is 12.0. The van der Waals surface area contributed by atoms with Crippen molar-refractivity contribution in [2.24, 2.45) is 0 Å². The Balaban J connectivity index is 1.72. The van der Waals surface area contributed by atoms with Crippen LogP contribution in [0.3, 0.4) is 0 Å². The largest absolute Gasteiger partial charge is 0.478 e. The normalized spacial score (nSPS) is 10.6. The molecule has 0 unspecified atom stereocenters. The van der Waals surface area contributed by atoms with Gasteiger partial charge in [-0.25, -0.2) is 9.47 Å². The van der Waals surface area contributed by atoms with Crippen LogP contribution in [0.25, 0.3) is 11.4 Å². The van der Waals surface area contributed by atoms with Gasteiger partial charge in [-0.15, -0.1) is 10.2 Å². The molecule has 3 aromatic rings. The Kier molecular flexibility index (Phi) is 4.24. The number of hydrogen-bond acceptors (Lipinski definition) is 6. The van der Waals surface area contributed by atoms with E-state index in [1.165, 1.54) is 16.4 Å². The predicted octanol–water partition coefficient (Wildman–Crippen LogP) is 2.04. The lowest BCUT2D eigenvalue weighted by Crippen LogP contribution is -2.11. The second-order valence-corrected chi connectivity index (χ2v) is 5.65. The molecular formula is C15H13N5O2S. The van der Waals surface area contributed by atoms with Gasteiger partial charge in [0.2, 0.25) is 5.16 Å². The van der Waals surface area contributed by atoms with Gasteiger partial charge in [-0.1, -0.05) is 23.9 Å². The Bertz CT molecular complexity index is 818. The monoisotopic (exact) mass is 327 g/mol. The average molecular weight is 327 g/mol. The molecule has 0 bridgehead atoms. The minimum absolute atomic E-state index is 0.264. The van der Waals surface area contributed by atoms with E-state index in [2.05, 4.69) is 15.2 Å². The first-order chi connectivity index (χ1) is 11.1. The minimum atomic E-state index is -0.938. The zero-order chi connectivity index (χ0) is 16.2. The van der Waals surface area contributed by atoms with Gasteiger partial charge in [0.05, 0.1) is 5.56 Å². The van der Waals surface area contributed by atoms with E-state index >= 15 is 0 Å². The van der Waals surface area contributed by atoms with Crippen molar-refractivity contribution in [3.8, 4) is 11.4 Å². The maximum Gasteiger partial charge on any atom is 0.335 e. The molecule has 0 amide bonds. The zero-order valence-corrected chi connectivity index (χ0v) is 12.8. The fourth-order valence-corrected chi connectivity index (χ4v) is 2.77. The number of benzene rings is 1. The lowest BCUT2D eigenvalue weighted by molar-refractivity contribution is 0.0697. The highest BCUT2D eigenvalue weighted by Gasteiger charge is 2.12. The Morgan fingerprint density at radius 3 is 2.65 bits per heavy atom. The van der Waals surface area contributed by atoms with Gasteiger partial charge in [0.1, 0.15) is 0 Å². The number of nitrogen functional groups attached to an aromatic ring is 1. The van der Waals surface area contributed by atoms with Crippen molar-refractivity contribution in [3.05, 3.63) is 59.9 Å². The number of nitrogens with zero attached hydrogens (tertiary/aromatic N) is 4. The number of aromatic nitrogens is 4. The first-order valence-electron chi connectivity index (χ1n) is 6.71. The van der Waals surface area contributed by atoms with Gasteiger partial charge in [0.25, 0.3) is 0 Å². The van der Waals surface area contributed by atoms with E-state index in [1.807, 2.05) is 6.07 Å². The molecule has 0 radical (unpaired) electrons. The van der Waals surface area contributed by atoms with E-state index in [4.69, 9.17) is 10.9 Å².